The van der Waals surface area contributed by atoms with E-state index in [4.69, 9.17) is 4.74 Å². The monoisotopic (exact) mass is 428 g/mol. The van der Waals surface area contributed by atoms with E-state index in [0.717, 1.165) is 11.0 Å². The number of fused-ring (bicyclic) bond motifs is 1. The number of hydrogen-bond acceptors (Lipinski definition) is 7. The van der Waals surface area contributed by atoms with Crippen LogP contribution in [0.4, 0.5) is 10.5 Å². The third-order valence-corrected chi connectivity index (χ3v) is 6.62. The van der Waals surface area contributed by atoms with Crippen LogP contribution in [0.25, 0.3) is 11.0 Å². The number of aromatic nitrogens is 2. The first kappa shape index (κ1) is 20.0. The number of rotatable bonds is 5. The molecule has 1 atom stereocenters. The number of amides is 1. The number of anilines is 1. The SMILES string of the molecule is COC(=O)Nc1ccc(S(=O)(=O)N2CCC(Oc3cnc4ccccc4n3)C2)cc1. The molecule has 1 fully saturated rings. The van der Waals surface area contributed by atoms with E-state index in [1.807, 2.05) is 24.3 Å². The zero-order valence-electron chi connectivity index (χ0n) is 16.2. The first-order valence-electron chi connectivity index (χ1n) is 9.29. The van der Waals surface area contributed by atoms with Gasteiger partial charge in [0.15, 0.2) is 0 Å². The molecular formula is C20H20N4O5S. The minimum atomic E-state index is -3.68. The lowest BCUT2D eigenvalue weighted by Crippen LogP contribution is -2.31. The van der Waals surface area contributed by atoms with Crippen molar-refractivity contribution in [2.75, 3.05) is 25.5 Å². The van der Waals surface area contributed by atoms with Crippen LogP contribution in [0.3, 0.4) is 0 Å². The van der Waals surface area contributed by atoms with Gasteiger partial charge in [-0.1, -0.05) is 12.1 Å². The molecule has 1 aliphatic heterocycles. The highest BCUT2D eigenvalue weighted by molar-refractivity contribution is 7.89. The summed E-state index contributed by atoms with van der Waals surface area (Å²) in [5.74, 6) is 0.371. The summed E-state index contributed by atoms with van der Waals surface area (Å²) < 4.78 is 37.6. The quantitative estimate of drug-likeness (QED) is 0.665. The largest absolute Gasteiger partial charge is 0.472 e. The van der Waals surface area contributed by atoms with Crippen molar-refractivity contribution in [3.8, 4) is 5.88 Å². The van der Waals surface area contributed by atoms with Crippen molar-refractivity contribution < 1.29 is 22.7 Å². The van der Waals surface area contributed by atoms with E-state index in [-0.39, 0.29) is 17.5 Å². The number of ether oxygens (including phenoxy) is 2. The number of nitrogens with one attached hydrogen (secondary N) is 1. The summed E-state index contributed by atoms with van der Waals surface area (Å²) in [6.07, 6.45) is 1.17. The molecule has 1 unspecified atom stereocenters. The molecule has 0 saturated carbocycles. The van der Waals surface area contributed by atoms with Crippen LogP contribution < -0.4 is 10.1 Å². The highest BCUT2D eigenvalue weighted by atomic mass is 32.2. The number of benzene rings is 2. The minimum Gasteiger partial charge on any atom is -0.472 e. The van der Waals surface area contributed by atoms with Crippen molar-refractivity contribution in [2.45, 2.75) is 17.4 Å². The van der Waals surface area contributed by atoms with Gasteiger partial charge in [-0.15, -0.1) is 0 Å². The van der Waals surface area contributed by atoms with Crippen LogP contribution in [0, 0.1) is 0 Å². The number of methoxy groups -OCH3 is 1. The van der Waals surface area contributed by atoms with Crippen LogP contribution in [-0.4, -0.2) is 55.1 Å². The normalized spacial score (nSPS) is 17.0. The molecule has 1 N–H and O–H groups in total. The molecule has 0 bridgehead atoms. The maximum atomic E-state index is 12.9. The summed E-state index contributed by atoms with van der Waals surface area (Å²) in [7, 11) is -2.42. The van der Waals surface area contributed by atoms with Crippen molar-refractivity contribution in [1.29, 1.82) is 0 Å². The van der Waals surface area contributed by atoms with Crippen molar-refractivity contribution in [1.82, 2.24) is 14.3 Å². The second kappa shape index (κ2) is 8.25. The van der Waals surface area contributed by atoms with Crippen LogP contribution >= 0.6 is 0 Å². The van der Waals surface area contributed by atoms with E-state index in [1.165, 1.54) is 35.7 Å². The number of nitrogens with zero attached hydrogens (tertiary/aromatic N) is 3. The maximum Gasteiger partial charge on any atom is 0.411 e. The van der Waals surface area contributed by atoms with Crippen LogP contribution in [0.15, 0.2) is 59.6 Å². The maximum absolute atomic E-state index is 12.9. The topological polar surface area (TPSA) is 111 Å². The molecule has 1 saturated heterocycles. The Bertz CT molecular complexity index is 1170. The summed E-state index contributed by atoms with van der Waals surface area (Å²) in [6, 6.07) is 13.4. The van der Waals surface area contributed by atoms with Gasteiger partial charge in [0.2, 0.25) is 15.9 Å². The third-order valence-electron chi connectivity index (χ3n) is 4.75. The first-order chi connectivity index (χ1) is 14.5. The lowest BCUT2D eigenvalue weighted by molar-refractivity contribution is 0.187. The molecule has 9 nitrogen and oxygen atoms in total. The molecule has 156 valence electrons. The zero-order valence-corrected chi connectivity index (χ0v) is 17.0. The molecule has 0 aliphatic carbocycles. The van der Waals surface area contributed by atoms with Gasteiger partial charge in [-0.25, -0.2) is 23.2 Å². The zero-order chi connectivity index (χ0) is 21.1. The van der Waals surface area contributed by atoms with Gasteiger partial charge in [-0.3, -0.25) is 5.32 Å². The molecule has 0 spiro atoms. The predicted octanol–water partition coefficient (Wildman–Crippen LogP) is 2.65. The van der Waals surface area contributed by atoms with Gasteiger partial charge in [0.05, 0.1) is 35.8 Å². The molecule has 1 aromatic heterocycles. The van der Waals surface area contributed by atoms with E-state index < -0.39 is 16.1 Å². The van der Waals surface area contributed by atoms with Crippen molar-refractivity contribution in [3.63, 3.8) is 0 Å². The summed E-state index contributed by atoms with van der Waals surface area (Å²) in [6.45, 7) is 0.565. The van der Waals surface area contributed by atoms with Crippen LogP contribution in [0.2, 0.25) is 0 Å². The highest BCUT2D eigenvalue weighted by Gasteiger charge is 2.34. The van der Waals surface area contributed by atoms with Crippen molar-refractivity contribution in [3.05, 3.63) is 54.7 Å². The van der Waals surface area contributed by atoms with E-state index in [1.54, 1.807) is 6.20 Å². The smallest absolute Gasteiger partial charge is 0.411 e. The molecule has 30 heavy (non-hydrogen) atoms. The average Bonchev–Trinajstić information content (AvgIpc) is 3.23. The van der Waals surface area contributed by atoms with Gasteiger partial charge < -0.3 is 9.47 Å². The summed E-state index contributed by atoms with van der Waals surface area (Å²) >= 11 is 0. The Kier molecular flexibility index (Phi) is 5.51. The van der Waals surface area contributed by atoms with Crippen molar-refractivity contribution in [2.24, 2.45) is 0 Å². The molecule has 3 aromatic rings. The number of sulfonamides is 1. The summed E-state index contributed by atoms with van der Waals surface area (Å²) in [4.78, 5) is 20.1. The van der Waals surface area contributed by atoms with E-state index in [0.29, 0.717) is 24.5 Å². The Morgan fingerprint density at radius 3 is 2.60 bits per heavy atom. The second-order valence-electron chi connectivity index (χ2n) is 6.73. The molecule has 0 radical (unpaired) electrons. The van der Waals surface area contributed by atoms with Crippen molar-refractivity contribution >= 4 is 32.8 Å². The van der Waals surface area contributed by atoms with E-state index in [9.17, 15) is 13.2 Å². The van der Waals surface area contributed by atoms with Crippen LogP contribution in [0.1, 0.15) is 6.42 Å². The molecule has 1 aliphatic rings. The van der Waals surface area contributed by atoms with Gasteiger partial charge in [-0.05, 0) is 42.8 Å². The number of carbonyl (C=O) groups is 1. The third kappa shape index (κ3) is 4.19. The van der Waals surface area contributed by atoms with Gasteiger partial charge in [0.25, 0.3) is 0 Å². The molecule has 2 aromatic carbocycles. The summed E-state index contributed by atoms with van der Waals surface area (Å²) in [5.41, 5.74) is 1.93. The molecular weight excluding hydrogens is 408 g/mol. The lowest BCUT2D eigenvalue weighted by atomic mass is 10.3. The average molecular weight is 428 g/mol. The fourth-order valence-electron chi connectivity index (χ4n) is 3.21. The molecule has 10 heteroatoms. The highest BCUT2D eigenvalue weighted by Crippen LogP contribution is 2.25. The number of hydrogen-bond donors (Lipinski definition) is 1. The standard InChI is InChI=1S/C20H20N4O5S/c1-28-20(25)22-14-6-8-16(9-7-14)30(26,27)24-11-10-15(13-24)29-19-12-21-17-4-2-3-5-18(17)23-19/h2-9,12,15H,10-11,13H2,1H3,(H,22,25). The summed E-state index contributed by atoms with van der Waals surface area (Å²) in [5, 5.41) is 2.48. The van der Waals surface area contributed by atoms with Gasteiger partial charge in [0, 0.05) is 12.2 Å². The van der Waals surface area contributed by atoms with Crippen LogP contribution in [-0.2, 0) is 14.8 Å². The fourth-order valence-corrected chi connectivity index (χ4v) is 4.69. The fraction of sp³-hybridized carbons (Fsp3) is 0.250. The number of carbonyl (C=O) groups excluding carboxylic acids is 1. The Labute approximate surface area is 173 Å². The molecule has 2 heterocycles. The lowest BCUT2D eigenvalue weighted by Gasteiger charge is -2.17. The van der Waals surface area contributed by atoms with Gasteiger partial charge in [0.1, 0.15) is 6.10 Å². The van der Waals surface area contributed by atoms with Gasteiger partial charge >= 0.3 is 6.09 Å². The molecule has 4 rings (SSSR count). The Morgan fingerprint density at radius 1 is 1.13 bits per heavy atom. The predicted molar refractivity (Wildman–Crippen MR) is 110 cm³/mol. The second-order valence-corrected chi connectivity index (χ2v) is 8.67. The first-order valence-corrected chi connectivity index (χ1v) is 10.7. The number of para-hydroxylation sites is 2. The van der Waals surface area contributed by atoms with Crippen LogP contribution in [0.5, 0.6) is 5.88 Å². The van der Waals surface area contributed by atoms with E-state index in [2.05, 4.69) is 20.0 Å². The minimum absolute atomic E-state index is 0.143. The Hall–Kier alpha value is -3.24. The Morgan fingerprint density at radius 2 is 1.87 bits per heavy atom. The van der Waals surface area contributed by atoms with Gasteiger partial charge in [-0.2, -0.15) is 4.31 Å². The Balaban J connectivity index is 1.43. The molecule has 1 amide bonds. The van der Waals surface area contributed by atoms with E-state index >= 15 is 0 Å².